The van der Waals surface area contributed by atoms with Gasteiger partial charge in [-0.05, 0) is 43.0 Å². The first kappa shape index (κ1) is 18.3. The highest BCUT2D eigenvalue weighted by Gasteiger charge is 2.41. The van der Waals surface area contributed by atoms with Gasteiger partial charge in [-0.2, -0.15) is 0 Å². The summed E-state index contributed by atoms with van der Waals surface area (Å²) in [6.45, 7) is 1.24. The fraction of sp³-hybridized carbons (Fsp3) is 0.273. The van der Waals surface area contributed by atoms with Gasteiger partial charge in [-0.15, -0.1) is 0 Å². The maximum atomic E-state index is 14.1. The minimum absolute atomic E-state index is 0.133. The molecule has 0 aliphatic carbocycles. The van der Waals surface area contributed by atoms with Gasteiger partial charge in [0.25, 0.3) is 11.8 Å². The molecule has 28 heavy (non-hydrogen) atoms. The number of benzene rings is 2. The molecule has 0 radical (unpaired) electrons. The predicted molar refractivity (Wildman–Crippen MR) is 101 cm³/mol. The second kappa shape index (κ2) is 7.54. The molecule has 4 rings (SSSR count). The summed E-state index contributed by atoms with van der Waals surface area (Å²) in [6.07, 6.45) is 2.96. The highest BCUT2D eigenvalue weighted by Crippen LogP contribution is 2.34. The van der Waals surface area contributed by atoms with Crippen LogP contribution < -0.4 is 0 Å². The summed E-state index contributed by atoms with van der Waals surface area (Å²) in [7, 11) is 0. The Balaban J connectivity index is 1.74. The number of amides is 2. The van der Waals surface area contributed by atoms with Crippen molar-refractivity contribution in [1.29, 1.82) is 0 Å². The van der Waals surface area contributed by atoms with Gasteiger partial charge in [0.15, 0.2) is 0 Å². The van der Waals surface area contributed by atoms with E-state index in [2.05, 4.69) is 0 Å². The fourth-order valence-corrected chi connectivity index (χ4v) is 3.79. The molecule has 1 saturated heterocycles. The van der Waals surface area contributed by atoms with E-state index in [1.165, 1.54) is 30.3 Å². The van der Waals surface area contributed by atoms with E-state index < -0.39 is 23.4 Å². The Kier molecular flexibility index (Phi) is 4.94. The lowest BCUT2D eigenvalue weighted by Crippen LogP contribution is -2.37. The van der Waals surface area contributed by atoms with Crippen LogP contribution in [0, 0.1) is 11.6 Å². The van der Waals surface area contributed by atoms with Gasteiger partial charge in [0.2, 0.25) is 0 Å². The van der Waals surface area contributed by atoms with E-state index in [0.717, 1.165) is 24.2 Å². The number of halogens is 2. The molecule has 2 aliphatic rings. The Morgan fingerprint density at radius 2 is 1.50 bits per heavy atom. The minimum atomic E-state index is -0.472. The zero-order chi connectivity index (χ0) is 19.7. The van der Waals surface area contributed by atoms with Crippen LogP contribution in [0.15, 0.2) is 54.2 Å². The number of nitrogens with zero attached hydrogens (tertiary/aromatic N) is 2. The molecule has 0 bridgehead atoms. The Morgan fingerprint density at radius 1 is 0.821 bits per heavy atom. The molecular weight excluding hydrogens is 362 g/mol. The van der Waals surface area contributed by atoms with E-state index in [9.17, 15) is 18.4 Å². The number of likely N-dealkylation sites (tertiary alicyclic amines) is 1. The number of hydrogen-bond acceptors (Lipinski definition) is 3. The summed E-state index contributed by atoms with van der Waals surface area (Å²) >= 11 is 0. The second-order valence-electron chi connectivity index (χ2n) is 7.07. The van der Waals surface area contributed by atoms with Gasteiger partial charge in [-0.1, -0.05) is 30.3 Å². The van der Waals surface area contributed by atoms with Crippen molar-refractivity contribution in [3.8, 4) is 0 Å². The van der Waals surface area contributed by atoms with Crippen molar-refractivity contribution in [2.75, 3.05) is 13.1 Å². The summed E-state index contributed by atoms with van der Waals surface area (Å²) in [5.74, 6) is -1.77. The van der Waals surface area contributed by atoms with Crippen molar-refractivity contribution < 1.29 is 18.4 Å². The molecule has 2 amide bonds. The van der Waals surface area contributed by atoms with Crippen molar-refractivity contribution in [2.24, 2.45) is 0 Å². The number of hydrogen-bond donors (Lipinski definition) is 0. The molecule has 0 saturated carbocycles. The van der Waals surface area contributed by atoms with E-state index >= 15 is 0 Å². The Labute approximate surface area is 162 Å². The molecule has 2 aromatic carbocycles. The van der Waals surface area contributed by atoms with Crippen LogP contribution in [0.25, 0.3) is 5.57 Å². The first-order chi connectivity index (χ1) is 13.6. The number of carbonyl (C=O) groups excluding carboxylic acids is 2. The summed E-state index contributed by atoms with van der Waals surface area (Å²) in [4.78, 5) is 29.4. The highest BCUT2D eigenvalue weighted by atomic mass is 19.1. The lowest BCUT2D eigenvalue weighted by Gasteiger charge is -2.29. The Morgan fingerprint density at radius 3 is 2.18 bits per heavy atom. The predicted octanol–water partition coefficient (Wildman–Crippen LogP) is 3.73. The zero-order valence-electron chi connectivity index (χ0n) is 15.3. The van der Waals surface area contributed by atoms with Crippen LogP contribution in [0.2, 0.25) is 0 Å². The van der Waals surface area contributed by atoms with E-state index in [1.807, 2.05) is 4.90 Å². The normalized spacial score (nSPS) is 17.6. The van der Waals surface area contributed by atoms with Crippen molar-refractivity contribution in [3.05, 3.63) is 77.0 Å². The van der Waals surface area contributed by atoms with Gasteiger partial charge in [0.05, 0.1) is 12.1 Å². The molecule has 144 valence electrons. The lowest BCUT2D eigenvalue weighted by molar-refractivity contribution is -0.138. The summed E-state index contributed by atoms with van der Waals surface area (Å²) in [5.41, 5.74) is 1.38. The first-order valence-electron chi connectivity index (χ1n) is 9.41. The molecule has 0 spiro atoms. The monoisotopic (exact) mass is 382 g/mol. The topological polar surface area (TPSA) is 40.6 Å². The van der Waals surface area contributed by atoms with Crippen LogP contribution in [0.4, 0.5) is 8.78 Å². The van der Waals surface area contributed by atoms with Crippen molar-refractivity contribution in [2.45, 2.75) is 25.8 Å². The third kappa shape index (κ3) is 3.30. The fourth-order valence-electron chi connectivity index (χ4n) is 3.79. The summed E-state index contributed by atoms with van der Waals surface area (Å²) in [6, 6.07) is 11.7. The van der Waals surface area contributed by atoms with E-state index in [0.29, 0.717) is 24.4 Å². The van der Waals surface area contributed by atoms with Gasteiger partial charge in [-0.25, -0.2) is 8.78 Å². The average molecular weight is 382 g/mol. The molecule has 0 N–H and O–H groups in total. The Bertz CT molecular complexity index is 947. The van der Waals surface area contributed by atoms with Gasteiger partial charge in [0, 0.05) is 18.7 Å². The minimum Gasteiger partial charge on any atom is -0.366 e. The number of rotatable bonds is 4. The number of piperidine rings is 1. The average Bonchev–Trinajstić information content (AvgIpc) is 2.95. The molecule has 0 unspecified atom stereocenters. The van der Waals surface area contributed by atoms with E-state index in [1.54, 1.807) is 18.2 Å². The molecule has 4 nitrogen and oxygen atoms in total. The first-order valence-corrected chi connectivity index (χ1v) is 9.41. The molecule has 2 heterocycles. The van der Waals surface area contributed by atoms with Gasteiger partial charge < -0.3 is 4.90 Å². The third-order valence-corrected chi connectivity index (χ3v) is 5.24. The number of carbonyl (C=O) groups is 2. The Hall–Kier alpha value is -3.02. The van der Waals surface area contributed by atoms with Gasteiger partial charge in [-0.3, -0.25) is 14.5 Å². The lowest BCUT2D eigenvalue weighted by atomic mass is 10.0. The van der Waals surface area contributed by atoms with E-state index in [-0.39, 0.29) is 17.7 Å². The van der Waals surface area contributed by atoms with Crippen molar-refractivity contribution >= 4 is 17.4 Å². The molecule has 1 fully saturated rings. The maximum absolute atomic E-state index is 14.1. The maximum Gasteiger partial charge on any atom is 0.278 e. The van der Waals surface area contributed by atoms with Crippen LogP contribution in [-0.4, -0.2) is 34.7 Å². The summed E-state index contributed by atoms with van der Waals surface area (Å²) < 4.78 is 27.5. The number of imide groups is 1. The zero-order valence-corrected chi connectivity index (χ0v) is 15.3. The van der Waals surface area contributed by atoms with Crippen LogP contribution >= 0.6 is 0 Å². The highest BCUT2D eigenvalue weighted by molar-refractivity contribution is 6.35. The molecule has 2 aromatic rings. The molecule has 2 aliphatic heterocycles. The van der Waals surface area contributed by atoms with Crippen LogP contribution in [0.3, 0.4) is 0 Å². The molecule has 6 heteroatoms. The standard InChI is InChI=1S/C22H20F2N2O2/c23-17-10-8-15(9-11-17)19-20(25-12-4-1-5-13-25)22(28)26(21(19)27)14-16-6-2-3-7-18(16)24/h2-3,6-11H,1,4-5,12-14H2. The SMILES string of the molecule is O=C1C(c2ccc(F)cc2)=C(N2CCCCC2)C(=O)N1Cc1ccccc1F. The molecule has 0 atom stereocenters. The van der Waals surface area contributed by atoms with Crippen molar-refractivity contribution in [1.82, 2.24) is 9.80 Å². The third-order valence-electron chi connectivity index (χ3n) is 5.24. The second-order valence-corrected chi connectivity index (χ2v) is 7.07. The molecule has 0 aromatic heterocycles. The van der Waals surface area contributed by atoms with Crippen LogP contribution in [0.5, 0.6) is 0 Å². The van der Waals surface area contributed by atoms with Crippen molar-refractivity contribution in [3.63, 3.8) is 0 Å². The van der Waals surface area contributed by atoms with Gasteiger partial charge >= 0.3 is 0 Å². The molecular formula is C22H20F2N2O2. The largest absolute Gasteiger partial charge is 0.366 e. The van der Waals surface area contributed by atoms with E-state index in [4.69, 9.17) is 0 Å². The van der Waals surface area contributed by atoms with Crippen LogP contribution in [0.1, 0.15) is 30.4 Å². The smallest absolute Gasteiger partial charge is 0.278 e. The quantitative estimate of drug-likeness (QED) is 0.757. The van der Waals surface area contributed by atoms with Gasteiger partial charge in [0.1, 0.15) is 17.3 Å². The van der Waals surface area contributed by atoms with Crippen LogP contribution in [-0.2, 0) is 16.1 Å². The summed E-state index contributed by atoms with van der Waals surface area (Å²) in [5, 5.41) is 0.